The predicted octanol–water partition coefficient (Wildman–Crippen LogP) is 1.85. The SMILES string of the molecule is CCC1CN=C(C)C(C)CC2NC12. The molecule has 2 heteroatoms. The van der Waals surface area contributed by atoms with Crippen LogP contribution in [-0.4, -0.2) is 24.3 Å². The van der Waals surface area contributed by atoms with Gasteiger partial charge in [0.1, 0.15) is 0 Å². The minimum Gasteiger partial charge on any atom is -0.308 e. The quantitative estimate of drug-likeness (QED) is 0.614. The van der Waals surface area contributed by atoms with Crippen LogP contribution in [0, 0.1) is 11.8 Å². The van der Waals surface area contributed by atoms with E-state index in [9.17, 15) is 0 Å². The Hall–Kier alpha value is -0.370. The molecule has 4 atom stereocenters. The number of aliphatic imine (C=N–C) groups is 1. The van der Waals surface area contributed by atoms with Crippen molar-refractivity contribution >= 4 is 5.71 Å². The largest absolute Gasteiger partial charge is 0.308 e. The van der Waals surface area contributed by atoms with Crippen LogP contribution in [-0.2, 0) is 0 Å². The highest BCUT2D eigenvalue weighted by atomic mass is 15.2. The van der Waals surface area contributed by atoms with E-state index < -0.39 is 0 Å². The summed E-state index contributed by atoms with van der Waals surface area (Å²) in [6, 6.07) is 1.58. The summed E-state index contributed by atoms with van der Waals surface area (Å²) < 4.78 is 0. The second kappa shape index (κ2) is 3.41. The minimum atomic E-state index is 0.681. The highest BCUT2D eigenvalue weighted by molar-refractivity contribution is 5.84. The molecule has 0 radical (unpaired) electrons. The van der Waals surface area contributed by atoms with Crippen molar-refractivity contribution in [1.29, 1.82) is 0 Å². The van der Waals surface area contributed by atoms with Crippen molar-refractivity contribution in [2.45, 2.75) is 45.7 Å². The molecule has 0 saturated carbocycles. The van der Waals surface area contributed by atoms with Crippen LogP contribution in [0.5, 0.6) is 0 Å². The van der Waals surface area contributed by atoms with Crippen molar-refractivity contribution in [2.24, 2.45) is 16.8 Å². The van der Waals surface area contributed by atoms with E-state index in [1.54, 1.807) is 0 Å². The molecule has 2 heterocycles. The van der Waals surface area contributed by atoms with E-state index in [2.05, 4.69) is 31.1 Å². The molecule has 0 aromatic heterocycles. The average Bonchev–Trinajstić information content (AvgIpc) is 2.83. The van der Waals surface area contributed by atoms with Crippen LogP contribution in [0.15, 0.2) is 4.99 Å². The molecule has 1 N–H and O–H groups in total. The summed E-state index contributed by atoms with van der Waals surface area (Å²) in [6.07, 6.45) is 2.55. The molecule has 2 rings (SSSR count). The highest BCUT2D eigenvalue weighted by Crippen LogP contribution is 2.30. The maximum atomic E-state index is 4.67. The zero-order valence-corrected chi connectivity index (χ0v) is 8.88. The van der Waals surface area contributed by atoms with Crippen molar-refractivity contribution in [3.63, 3.8) is 0 Å². The van der Waals surface area contributed by atoms with E-state index in [1.807, 2.05) is 0 Å². The van der Waals surface area contributed by atoms with Gasteiger partial charge in [-0.3, -0.25) is 4.99 Å². The lowest BCUT2D eigenvalue weighted by atomic mass is 9.92. The Kier molecular flexibility index (Phi) is 2.41. The molecular formula is C11H20N2. The molecule has 4 unspecified atom stereocenters. The third-order valence-corrected chi connectivity index (χ3v) is 3.66. The molecule has 1 fully saturated rings. The van der Waals surface area contributed by atoms with Gasteiger partial charge in [0.25, 0.3) is 0 Å². The Morgan fingerprint density at radius 1 is 1.54 bits per heavy atom. The lowest BCUT2D eigenvalue weighted by Crippen LogP contribution is -2.21. The van der Waals surface area contributed by atoms with Gasteiger partial charge in [-0.1, -0.05) is 13.8 Å². The lowest BCUT2D eigenvalue weighted by molar-refractivity contribution is 0.480. The van der Waals surface area contributed by atoms with E-state index in [4.69, 9.17) is 0 Å². The fourth-order valence-electron chi connectivity index (χ4n) is 2.34. The van der Waals surface area contributed by atoms with Crippen LogP contribution < -0.4 is 5.32 Å². The molecule has 2 aliphatic rings. The number of rotatable bonds is 1. The summed E-state index contributed by atoms with van der Waals surface area (Å²) >= 11 is 0. The first-order chi connectivity index (χ1) is 6.22. The number of hydrogen-bond acceptors (Lipinski definition) is 2. The fourth-order valence-corrected chi connectivity index (χ4v) is 2.34. The van der Waals surface area contributed by atoms with E-state index >= 15 is 0 Å². The van der Waals surface area contributed by atoms with Crippen LogP contribution in [0.2, 0.25) is 0 Å². The van der Waals surface area contributed by atoms with E-state index in [0.717, 1.165) is 24.5 Å². The Morgan fingerprint density at radius 2 is 2.31 bits per heavy atom. The minimum absolute atomic E-state index is 0.681. The summed E-state index contributed by atoms with van der Waals surface area (Å²) in [5.41, 5.74) is 1.35. The molecule has 1 saturated heterocycles. The first-order valence-corrected chi connectivity index (χ1v) is 5.49. The van der Waals surface area contributed by atoms with Gasteiger partial charge in [-0.2, -0.15) is 0 Å². The van der Waals surface area contributed by atoms with Crippen molar-refractivity contribution in [1.82, 2.24) is 5.32 Å². The Labute approximate surface area is 80.8 Å². The van der Waals surface area contributed by atoms with Gasteiger partial charge in [-0.15, -0.1) is 0 Å². The van der Waals surface area contributed by atoms with Crippen LogP contribution >= 0.6 is 0 Å². The summed E-state index contributed by atoms with van der Waals surface area (Å²) in [5, 5.41) is 3.59. The van der Waals surface area contributed by atoms with E-state index in [1.165, 1.54) is 18.6 Å². The van der Waals surface area contributed by atoms with Crippen LogP contribution in [0.25, 0.3) is 0 Å². The zero-order valence-electron chi connectivity index (χ0n) is 8.88. The molecule has 74 valence electrons. The number of fused-ring (bicyclic) bond motifs is 1. The van der Waals surface area contributed by atoms with Gasteiger partial charge in [0.05, 0.1) is 0 Å². The maximum Gasteiger partial charge on any atom is 0.0432 e. The van der Waals surface area contributed by atoms with Crippen LogP contribution in [0.4, 0.5) is 0 Å². The maximum absolute atomic E-state index is 4.67. The predicted molar refractivity (Wildman–Crippen MR) is 56.2 cm³/mol. The van der Waals surface area contributed by atoms with Gasteiger partial charge in [-0.25, -0.2) is 0 Å². The second-order valence-electron chi connectivity index (χ2n) is 4.59. The molecular weight excluding hydrogens is 160 g/mol. The normalized spacial score (nSPS) is 44.4. The van der Waals surface area contributed by atoms with Gasteiger partial charge in [0.2, 0.25) is 0 Å². The average molecular weight is 180 g/mol. The molecule has 0 spiro atoms. The molecule has 13 heavy (non-hydrogen) atoms. The standard InChI is InChI=1S/C11H20N2/c1-4-9-6-12-8(3)7(2)5-10-11(9)13-10/h7,9-11,13H,4-6H2,1-3H3. The number of nitrogens with one attached hydrogen (secondary N) is 1. The van der Waals surface area contributed by atoms with E-state index in [-0.39, 0.29) is 0 Å². The van der Waals surface area contributed by atoms with Gasteiger partial charge in [0, 0.05) is 24.3 Å². The zero-order chi connectivity index (χ0) is 9.42. The topological polar surface area (TPSA) is 34.3 Å². The lowest BCUT2D eigenvalue weighted by Gasteiger charge is -2.17. The molecule has 0 bridgehead atoms. The summed E-state index contributed by atoms with van der Waals surface area (Å²) in [7, 11) is 0. The summed E-state index contributed by atoms with van der Waals surface area (Å²) in [4.78, 5) is 4.67. The van der Waals surface area contributed by atoms with Crippen LogP contribution in [0.1, 0.15) is 33.6 Å². The third-order valence-electron chi connectivity index (χ3n) is 3.66. The molecule has 2 nitrogen and oxygen atoms in total. The smallest absolute Gasteiger partial charge is 0.0432 e. The van der Waals surface area contributed by atoms with Gasteiger partial charge >= 0.3 is 0 Å². The molecule has 0 amide bonds. The van der Waals surface area contributed by atoms with Gasteiger partial charge < -0.3 is 5.32 Å². The molecule has 0 aromatic carbocycles. The highest BCUT2D eigenvalue weighted by Gasteiger charge is 2.42. The van der Waals surface area contributed by atoms with Gasteiger partial charge in [-0.05, 0) is 31.6 Å². The monoisotopic (exact) mass is 180 g/mol. The van der Waals surface area contributed by atoms with Crippen molar-refractivity contribution < 1.29 is 0 Å². The van der Waals surface area contributed by atoms with Crippen LogP contribution in [0.3, 0.4) is 0 Å². The second-order valence-corrected chi connectivity index (χ2v) is 4.59. The summed E-state index contributed by atoms with van der Waals surface area (Å²) in [6.45, 7) is 7.79. The van der Waals surface area contributed by atoms with Gasteiger partial charge in [0.15, 0.2) is 0 Å². The Morgan fingerprint density at radius 3 is 3.00 bits per heavy atom. The first kappa shape index (κ1) is 9.20. The molecule has 0 aliphatic carbocycles. The summed E-state index contributed by atoms with van der Waals surface area (Å²) in [5.74, 6) is 1.47. The van der Waals surface area contributed by atoms with Crippen molar-refractivity contribution in [3.8, 4) is 0 Å². The fraction of sp³-hybridized carbons (Fsp3) is 0.909. The van der Waals surface area contributed by atoms with Crippen molar-refractivity contribution in [2.75, 3.05) is 6.54 Å². The third kappa shape index (κ3) is 1.78. The number of hydrogen-bond donors (Lipinski definition) is 1. The first-order valence-electron chi connectivity index (χ1n) is 5.49. The number of nitrogens with zero attached hydrogens (tertiary/aromatic N) is 1. The molecule has 0 aromatic rings. The Bertz CT molecular complexity index is 222. The Balaban J connectivity index is 2.07. The molecule has 2 aliphatic heterocycles. The van der Waals surface area contributed by atoms with Crippen molar-refractivity contribution in [3.05, 3.63) is 0 Å². The van der Waals surface area contributed by atoms with E-state index in [0.29, 0.717) is 5.92 Å².